The Morgan fingerprint density at radius 2 is 1.95 bits per heavy atom. The summed E-state index contributed by atoms with van der Waals surface area (Å²) in [5, 5.41) is 6.45. The van der Waals surface area contributed by atoms with Gasteiger partial charge in [-0.1, -0.05) is 24.3 Å². The summed E-state index contributed by atoms with van der Waals surface area (Å²) < 4.78 is 0. The highest BCUT2D eigenvalue weighted by atomic mass is 16.1. The second-order valence-corrected chi connectivity index (χ2v) is 5.57. The van der Waals surface area contributed by atoms with Crippen LogP contribution >= 0.6 is 0 Å². The van der Waals surface area contributed by atoms with Crippen LogP contribution in [0.5, 0.6) is 0 Å². The van der Waals surface area contributed by atoms with Crippen molar-refractivity contribution < 1.29 is 4.79 Å². The van der Waals surface area contributed by atoms with Crippen LogP contribution in [0.2, 0.25) is 0 Å². The second kappa shape index (κ2) is 5.60. The number of amides is 1. The molecule has 0 aromatic heterocycles. The van der Waals surface area contributed by atoms with Gasteiger partial charge in [-0.15, -0.1) is 0 Å². The Morgan fingerprint density at radius 3 is 2.81 bits per heavy atom. The molecular weight excluding hydrogens is 260 g/mol. The highest BCUT2D eigenvalue weighted by Gasteiger charge is 2.16. The van der Waals surface area contributed by atoms with E-state index in [0.29, 0.717) is 0 Å². The van der Waals surface area contributed by atoms with Crippen molar-refractivity contribution in [3.05, 3.63) is 58.7 Å². The predicted molar refractivity (Wildman–Crippen MR) is 87.1 cm³/mol. The Balaban J connectivity index is 1.90. The Bertz CT molecular complexity index is 692. The summed E-state index contributed by atoms with van der Waals surface area (Å²) >= 11 is 0. The molecule has 3 nitrogen and oxygen atoms in total. The van der Waals surface area contributed by atoms with Crippen molar-refractivity contribution in [2.75, 3.05) is 17.2 Å². The third-order valence-electron chi connectivity index (χ3n) is 4.17. The van der Waals surface area contributed by atoms with Gasteiger partial charge in [0.15, 0.2) is 0 Å². The van der Waals surface area contributed by atoms with Gasteiger partial charge in [0.2, 0.25) is 0 Å². The zero-order valence-electron chi connectivity index (χ0n) is 12.5. The summed E-state index contributed by atoms with van der Waals surface area (Å²) in [6.07, 6.45) is 2.21. The first-order chi connectivity index (χ1) is 10.2. The lowest BCUT2D eigenvalue weighted by atomic mass is 10.0. The fourth-order valence-corrected chi connectivity index (χ4v) is 2.80. The molecule has 0 radical (unpaired) electrons. The topological polar surface area (TPSA) is 41.1 Å². The van der Waals surface area contributed by atoms with Crippen LogP contribution in [-0.4, -0.2) is 12.5 Å². The van der Waals surface area contributed by atoms with E-state index in [1.54, 1.807) is 0 Å². The van der Waals surface area contributed by atoms with E-state index in [-0.39, 0.29) is 5.91 Å². The number of benzene rings is 2. The SMILES string of the molecule is Cc1cccc(C(=O)Nc2cccc3c2NCCC3)c1C. The highest BCUT2D eigenvalue weighted by molar-refractivity contribution is 6.07. The Labute approximate surface area is 125 Å². The lowest BCUT2D eigenvalue weighted by Gasteiger charge is -2.21. The minimum Gasteiger partial charge on any atom is -0.383 e. The average Bonchev–Trinajstić information content (AvgIpc) is 2.50. The molecule has 1 heterocycles. The minimum absolute atomic E-state index is 0.0445. The molecule has 21 heavy (non-hydrogen) atoms. The first-order valence-electron chi connectivity index (χ1n) is 7.40. The summed E-state index contributed by atoms with van der Waals surface area (Å²) in [5.41, 5.74) is 6.13. The van der Waals surface area contributed by atoms with Gasteiger partial charge in [-0.05, 0) is 55.5 Å². The molecule has 0 saturated carbocycles. The molecule has 0 fully saturated rings. The second-order valence-electron chi connectivity index (χ2n) is 5.57. The Hall–Kier alpha value is -2.29. The average molecular weight is 280 g/mol. The lowest BCUT2D eigenvalue weighted by Crippen LogP contribution is -2.18. The lowest BCUT2D eigenvalue weighted by molar-refractivity contribution is 0.102. The summed E-state index contributed by atoms with van der Waals surface area (Å²) in [5.74, 6) is -0.0445. The van der Waals surface area contributed by atoms with Crippen LogP contribution in [0.3, 0.4) is 0 Å². The number of anilines is 2. The number of para-hydroxylation sites is 1. The summed E-state index contributed by atoms with van der Waals surface area (Å²) in [6, 6.07) is 11.9. The monoisotopic (exact) mass is 280 g/mol. The molecule has 2 aromatic carbocycles. The molecule has 1 amide bonds. The summed E-state index contributed by atoms with van der Waals surface area (Å²) in [7, 11) is 0. The van der Waals surface area contributed by atoms with E-state index in [2.05, 4.69) is 16.7 Å². The first-order valence-corrected chi connectivity index (χ1v) is 7.40. The van der Waals surface area contributed by atoms with Crippen LogP contribution in [0.4, 0.5) is 11.4 Å². The van der Waals surface area contributed by atoms with Gasteiger partial charge < -0.3 is 10.6 Å². The van der Waals surface area contributed by atoms with Crippen molar-refractivity contribution in [1.29, 1.82) is 0 Å². The van der Waals surface area contributed by atoms with Crippen LogP contribution in [-0.2, 0) is 6.42 Å². The molecule has 3 rings (SSSR count). The number of fused-ring (bicyclic) bond motifs is 1. The number of hydrogen-bond acceptors (Lipinski definition) is 2. The molecule has 0 aliphatic carbocycles. The standard InChI is InChI=1S/C18H20N2O/c1-12-6-3-9-15(13(12)2)18(21)20-16-10-4-7-14-8-5-11-19-17(14)16/h3-4,6-7,9-10,19H,5,8,11H2,1-2H3,(H,20,21). The van der Waals surface area contributed by atoms with Crippen LogP contribution in [0, 0.1) is 13.8 Å². The van der Waals surface area contributed by atoms with Crippen molar-refractivity contribution in [3.63, 3.8) is 0 Å². The maximum absolute atomic E-state index is 12.5. The van der Waals surface area contributed by atoms with Gasteiger partial charge in [-0.3, -0.25) is 4.79 Å². The molecule has 1 aliphatic heterocycles. The molecule has 0 unspecified atom stereocenters. The van der Waals surface area contributed by atoms with E-state index in [4.69, 9.17) is 0 Å². The molecule has 3 heteroatoms. The molecule has 108 valence electrons. The van der Waals surface area contributed by atoms with E-state index in [1.807, 2.05) is 44.2 Å². The van der Waals surface area contributed by atoms with E-state index in [0.717, 1.165) is 47.5 Å². The van der Waals surface area contributed by atoms with Gasteiger partial charge in [0.05, 0.1) is 11.4 Å². The maximum atomic E-state index is 12.5. The fraction of sp³-hybridized carbons (Fsp3) is 0.278. The van der Waals surface area contributed by atoms with Gasteiger partial charge in [0, 0.05) is 12.1 Å². The molecule has 0 spiro atoms. The summed E-state index contributed by atoms with van der Waals surface area (Å²) in [6.45, 7) is 4.98. The minimum atomic E-state index is -0.0445. The van der Waals surface area contributed by atoms with Gasteiger partial charge in [0.1, 0.15) is 0 Å². The van der Waals surface area contributed by atoms with E-state index >= 15 is 0 Å². The van der Waals surface area contributed by atoms with Crippen molar-refractivity contribution in [3.8, 4) is 0 Å². The molecule has 2 N–H and O–H groups in total. The fourth-order valence-electron chi connectivity index (χ4n) is 2.80. The summed E-state index contributed by atoms with van der Waals surface area (Å²) in [4.78, 5) is 12.5. The number of nitrogens with one attached hydrogen (secondary N) is 2. The van der Waals surface area contributed by atoms with E-state index in [1.165, 1.54) is 5.56 Å². The van der Waals surface area contributed by atoms with Gasteiger partial charge >= 0.3 is 0 Å². The predicted octanol–water partition coefficient (Wildman–Crippen LogP) is 3.91. The molecular formula is C18H20N2O. The van der Waals surface area contributed by atoms with Crippen molar-refractivity contribution in [2.24, 2.45) is 0 Å². The van der Waals surface area contributed by atoms with Crippen molar-refractivity contribution in [1.82, 2.24) is 0 Å². The number of hydrogen-bond donors (Lipinski definition) is 2. The highest BCUT2D eigenvalue weighted by Crippen LogP contribution is 2.30. The van der Waals surface area contributed by atoms with E-state index < -0.39 is 0 Å². The molecule has 0 saturated heterocycles. The zero-order valence-corrected chi connectivity index (χ0v) is 12.5. The van der Waals surface area contributed by atoms with Gasteiger partial charge in [0.25, 0.3) is 5.91 Å². The smallest absolute Gasteiger partial charge is 0.255 e. The van der Waals surface area contributed by atoms with Crippen molar-refractivity contribution >= 4 is 17.3 Å². The normalized spacial score (nSPS) is 13.2. The Morgan fingerprint density at radius 1 is 1.14 bits per heavy atom. The maximum Gasteiger partial charge on any atom is 0.255 e. The first kappa shape index (κ1) is 13.7. The number of carbonyl (C=O) groups is 1. The molecule has 1 aliphatic rings. The van der Waals surface area contributed by atoms with Crippen LogP contribution in [0.1, 0.15) is 33.5 Å². The zero-order chi connectivity index (χ0) is 14.8. The molecule has 0 atom stereocenters. The Kier molecular flexibility index (Phi) is 3.65. The van der Waals surface area contributed by atoms with Gasteiger partial charge in [-0.2, -0.15) is 0 Å². The van der Waals surface area contributed by atoms with Crippen molar-refractivity contribution in [2.45, 2.75) is 26.7 Å². The third kappa shape index (κ3) is 2.64. The van der Waals surface area contributed by atoms with Crippen LogP contribution in [0.25, 0.3) is 0 Å². The van der Waals surface area contributed by atoms with E-state index in [9.17, 15) is 4.79 Å². The quantitative estimate of drug-likeness (QED) is 0.875. The number of rotatable bonds is 2. The largest absolute Gasteiger partial charge is 0.383 e. The molecule has 0 bridgehead atoms. The molecule has 2 aromatic rings. The van der Waals surface area contributed by atoms with Crippen LogP contribution in [0.15, 0.2) is 36.4 Å². The van der Waals surface area contributed by atoms with Gasteiger partial charge in [-0.25, -0.2) is 0 Å². The number of carbonyl (C=O) groups excluding carboxylic acids is 1. The van der Waals surface area contributed by atoms with Crippen LogP contribution < -0.4 is 10.6 Å². The third-order valence-corrected chi connectivity index (χ3v) is 4.17. The number of aryl methyl sites for hydroxylation is 2.